The predicted molar refractivity (Wildman–Crippen MR) is 94.9 cm³/mol. The standard InChI is InChI=1S/C16H19BrClN3O3/c1-10(2)19-14(22)16(24)21-7-5-20(6-8-21)15(23)12-4-3-11(17)9-13(12)18/h3-4,9-10H,5-8H2,1-2H3,(H,19,22). The average Bonchev–Trinajstić information content (AvgIpc) is 2.53. The maximum absolute atomic E-state index is 12.5. The summed E-state index contributed by atoms with van der Waals surface area (Å²) in [6, 6.07) is 5.01. The monoisotopic (exact) mass is 415 g/mol. The van der Waals surface area contributed by atoms with E-state index in [1.54, 1.807) is 36.9 Å². The number of halogens is 2. The van der Waals surface area contributed by atoms with Gasteiger partial charge in [0.15, 0.2) is 0 Å². The molecule has 0 unspecified atom stereocenters. The number of hydrogen-bond donors (Lipinski definition) is 1. The lowest BCUT2D eigenvalue weighted by Gasteiger charge is -2.34. The number of carbonyl (C=O) groups excluding carboxylic acids is 3. The lowest BCUT2D eigenvalue weighted by molar-refractivity contribution is -0.147. The second-order valence-electron chi connectivity index (χ2n) is 5.84. The number of nitrogens with one attached hydrogen (secondary N) is 1. The van der Waals surface area contributed by atoms with Crippen molar-refractivity contribution in [3.8, 4) is 0 Å². The zero-order chi connectivity index (χ0) is 17.9. The number of nitrogens with zero attached hydrogens (tertiary/aromatic N) is 2. The van der Waals surface area contributed by atoms with Gasteiger partial charge in [0.05, 0.1) is 10.6 Å². The Bertz CT molecular complexity index is 658. The molecule has 0 atom stereocenters. The Morgan fingerprint density at radius 3 is 2.25 bits per heavy atom. The third-order valence-electron chi connectivity index (χ3n) is 3.63. The summed E-state index contributed by atoms with van der Waals surface area (Å²) in [5.41, 5.74) is 0.428. The van der Waals surface area contributed by atoms with Crippen LogP contribution < -0.4 is 5.32 Å². The van der Waals surface area contributed by atoms with E-state index in [-0.39, 0.29) is 11.9 Å². The van der Waals surface area contributed by atoms with Crippen LogP contribution in [0.15, 0.2) is 22.7 Å². The fraction of sp³-hybridized carbons (Fsp3) is 0.438. The Hall–Kier alpha value is -1.60. The van der Waals surface area contributed by atoms with E-state index in [2.05, 4.69) is 21.2 Å². The maximum Gasteiger partial charge on any atom is 0.312 e. The summed E-state index contributed by atoms with van der Waals surface area (Å²) in [5, 5.41) is 2.96. The van der Waals surface area contributed by atoms with Gasteiger partial charge in [-0.2, -0.15) is 0 Å². The molecule has 6 nitrogen and oxygen atoms in total. The van der Waals surface area contributed by atoms with Crippen molar-refractivity contribution in [2.75, 3.05) is 26.2 Å². The van der Waals surface area contributed by atoms with Crippen molar-refractivity contribution in [3.05, 3.63) is 33.3 Å². The van der Waals surface area contributed by atoms with Crippen LogP contribution >= 0.6 is 27.5 Å². The summed E-state index contributed by atoms with van der Waals surface area (Å²) >= 11 is 9.42. The van der Waals surface area contributed by atoms with Gasteiger partial charge in [-0.05, 0) is 32.0 Å². The third-order valence-corrected chi connectivity index (χ3v) is 4.44. The highest BCUT2D eigenvalue weighted by Gasteiger charge is 2.29. The largest absolute Gasteiger partial charge is 0.346 e. The van der Waals surface area contributed by atoms with Crippen LogP contribution in [-0.2, 0) is 9.59 Å². The Balaban J connectivity index is 1.96. The van der Waals surface area contributed by atoms with Crippen molar-refractivity contribution in [1.82, 2.24) is 15.1 Å². The van der Waals surface area contributed by atoms with Crippen LogP contribution in [0.5, 0.6) is 0 Å². The lowest BCUT2D eigenvalue weighted by Crippen LogP contribution is -2.54. The first-order chi connectivity index (χ1) is 11.3. The van der Waals surface area contributed by atoms with Crippen molar-refractivity contribution in [3.63, 3.8) is 0 Å². The van der Waals surface area contributed by atoms with Gasteiger partial charge in [-0.15, -0.1) is 0 Å². The van der Waals surface area contributed by atoms with E-state index in [1.807, 2.05) is 0 Å². The molecule has 130 valence electrons. The Labute approximate surface area is 154 Å². The molecule has 0 aliphatic carbocycles. The summed E-state index contributed by atoms with van der Waals surface area (Å²) in [7, 11) is 0. The van der Waals surface area contributed by atoms with Gasteiger partial charge in [0.25, 0.3) is 5.91 Å². The number of piperazine rings is 1. The van der Waals surface area contributed by atoms with Crippen LogP contribution in [-0.4, -0.2) is 59.7 Å². The summed E-state index contributed by atoms with van der Waals surface area (Å²) in [6.45, 7) is 4.97. The quantitative estimate of drug-likeness (QED) is 0.749. The minimum atomic E-state index is -0.610. The van der Waals surface area contributed by atoms with E-state index >= 15 is 0 Å². The Kier molecular flexibility index (Phi) is 6.23. The van der Waals surface area contributed by atoms with Gasteiger partial charge in [-0.3, -0.25) is 14.4 Å². The summed E-state index contributed by atoms with van der Waals surface area (Å²) < 4.78 is 0.802. The van der Waals surface area contributed by atoms with Crippen molar-refractivity contribution >= 4 is 45.3 Å². The molecular weight excluding hydrogens is 398 g/mol. The van der Waals surface area contributed by atoms with E-state index in [4.69, 9.17) is 11.6 Å². The highest BCUT2D eigenvalue weighted by Crippen LogP contribution is 2.23. The molecule has 24 heavy (non-hydrogen) atoms. The summed E-state index contributed by atoms with van der Waals surface area (Å²) in [6.07, 6.45) is 0. The smallest absolute Gasteiger partial charge is 0.312 e. The first-order valence-corrected chi connectivity index (χ1v) is 8.80. The molecule has 8 heteroatoms. The molecule has 1 aliphatic heterocycles. The minimum Gasteiger partial charge on any atom is -0.346 e. The second-order valence-corrected chi connectivity index (χ2v) is 7.16. The number of carbonyl (C=O) groups is 3. The van der Waals surface area contributed by atoms with Gasteiger partial charge in [0.2, 0.25) is 0 Å². The predicted octanol–water partition coefficient (Wildman–Crippen LogP) is 1.91. The first-order valence-electron chi connectivity index (χ1n) is 7.63. The molecule has 0 bridgehead atoms. The van der Waals surface area contributed by atoms with Gasteiger partial charge >= 0.3 is 11.8 Å². The number of rotatable bonds is 2. The van der Waals surface area contributed by atoms with Crippen LogP contribution in [0.25, 0.3) is 0 Å². The molecule has 1 aromatic rings. The molecule has 3 amide bonds. The molecule has 1 saturated heterocycles. The van der Waals surface area contributed by atoms with E-state index < -0.39 is 11.8 Å². The molecule has 1 fully saturated rings. The second kappa shape index (κ2) is 7.98. The number of hydrogen-bond acceptors (Lipinski definition) is 3. The fourth-order valence-electron chi connectivity index (χ4n) is 2.41. The van der Waals surface area contributed by atoms with E-state index in [0.717, 1.165) is 4.47 Å². The maximum atomic E-state index is 12.5. The molecule has 0 radical (unpaired) electrons. The van der Waals surface area contributed by atoms with Crippen LogP contribution in [0.3, 0.4) is 0 Å². The first kappa shape index (κ1) is 18.7. The van der Waals surface area contributed by atoms with E-state index in [1.165, 1.54) is 4.90 Å². The highest BCUT2D eigenvalue weighted by atomic mass is 79.9. The topological polar surface area (TPSA) is 69.7 Å². The van der Waals surface area contributed by atoms with Gasteiger partial charge in [0, 0.05) is 36.7 Å². The normalized spacial score (nSPS) is 14.7. The Morgan fingerprint density at radius 2 is 1.71 bits per heavy atom. The highest BCUT2D eigenvalue weighted by molar-refractivity contribution is 9.10. The van der Waals surface area contributed by atoms with Crippen molar-refractivity contribution in [2.45, 2.75) is 19.9 Å². The van der Waals surface area contributed by atoms with Crippen LogP contribution in [0.1, 0.15) is 24.2 Å². The molecule has 0 saturated carbocycles. The van der Waals surface area contributed by atoms with Gasteiger partial charge < -0.3 is 15.1 Å². The lowest BCUT2D eigenvalue weighted by atomic mass is 10.1. The molecule has 1 heterocycles. The average molecular weight is 417 g/mol. The summed E-state index contributed by atoms with van der Waals surface area (Å²) in [5.74, 6) is -1.34. The van der Waals surface area contributed by atoms with Crippen LogP contribution in [0.2, 0.25) is 5.02 Å². The number of benzene rings is 1. The van der Waals surface area contributed by atoms with Gasteiger partial charge in [-0.25, -0.2) is 0 Å². The zero-order valence-electron chi connectivity index (χ0n) is 13.5. The van der Waals surface area contributed by atoms with E-state index in [0.29, 0.717) is 36.8 Å². The molecule has 2 rings (SSSR count). The third kappa shape index (κ3) is 4.48. The molecular formula is C16H19BrClN3O3. The molecule has 0 aromatic heterocycles. The molecule has 1 N–H and O–H groups in total. The molecule has 0 spiro atoms. The van der Waals surface area contributed by atoms with Gasteiger partial charge in [-0.1, -0.05) is 27.5 Å². The zero-order valence-corrected chi connectivity index (χ0v) is 15.9. The van der Waals surface area contributed by atoms with Crippen molar-refractivity contribution in [1.29, 1.82) is 0 Å². The van der Waals surface area contributed by atoms with Crippen LogP contribution in [0, 0.1) is 0 Å². The fourth-order valence-corrected chi connectivity index (χ4v) is 3.17. The summed E-state index contributed by atoms with van der Waals surface area (Å²) in [4.78, 5) is 39.4. The minimum absolute atomic E-state index is 0.0936. The SMILES string of the molecule is CC(C)NC(=O)C(=O)N1CCN(C(=O)c2ccc(Br)cc2Cl)CC1. The number of amides is 3. The van der Waals surface area contributed by atoms with Crippen molar-refractivity contribution in [2.24, 2.45) is 0 Å². The van der Waals surface area contributed by atoms with Gasteiger partial charge in [0.1, 0.15) is 0 Å². The Morgan fingerprint density at radius 1 is 1.12 bits per heavy atom. The van der Waals surface area contributed by atoms with E-state index in [9.17, 15) is 14.4 Å². The molecule has 1 aliphatic rings. The molecule has 1 aromatic carbocycles. The van der Waals surface area contributed by atoms with Crippen LogP contribution in [0.4, 0.5) is 0 Å². The van der Waals surface area contributed by atoms with Crippen molar-refractivity contribution < 1.29 is 14.4 Å².